The molecule has 2 atom stereocenters. The molecule has 0 radical (unpaired) electrons. The van der Waals surface area contributed by atoms with Crippen LogP contribution in [-0.4, -0.2) is 44.2 Å². The molecule has 1 fully saturated rings. The monoisotopic (exact) mass is 407 g/mol. The molecule has 1 saturated heterocycles. The lowest BCUT2D eigenvalue weighted by Gasteiger charge is -2.40. The molecule has 2 aromatic rings. The largest absolute Gasteiger partial charge is 0.482 e. The SMILES string of the molecule is CC1COC(Cn2cncn2)(C2(Cl)C=CC(Oc3ccc(Cl)cc3)C=C2)O1. The molecule has 0 amide bonds. The standard InChI is InChI=1S/C19H19Cl2N3O3/c1-14-10-25-19(27-14,11-24-13-22-12-23-24)18(21)8-6-17(7-9-18)26-16-4-2-15(20)3-5-16/h2-9,12-14,17H,10-11H2,1H3. The molecule has 0 spiro atoms. The molecule has 27 heavy (non-hydrogen) atoms. The highest BCUT2D eigenvalue weighted by Crippen LogP contribution is 2.44. The van der Waals surface area contributed by atoms with Crippen LogP contribution in [0.1, 0.15) is 6.92 Å². The predicted molar refractivity (Wildman–Crippen MR) is 102 cm³/mol. The first-order valence-corrected chi connectivity index (χ1v) is 9.38. The van der Waals surface area contributed by atoms with Gasteiger partial charge in [0.2, 0.25) is 5.79 Å². The number of aromatic nitrogens is 3. The molecule has 4 rings (SSSR count). The Balaban J connectivity index is 1.53. The average Bonchev–Trinajstić information content (AvgIpc) is 3.30. The summed E-state index contributed by atoms with van der Waals surface area (Å²) in [6, 6.07) is 7.22. The minimum atomic E-state index is -1.08. The molecule has 2 heterocycles. The summed E-state index contributed by atoms with van der Waals surface area (Å²) in [5.74, 6) is -0.361. The number of benzene rings is 1. The summed E-state index contributed by atoms with van der Waals surface area (Å²) in [5.41, 5.74) is 0. The van der Waals surface area contributed by atoms with E-state index in [0.717, 1.165) is 5.75 Å². The topological polar surface area (TPSA) is 58.4 Å². The van der Waals surface area contributed by atoms with Gasteiger partial charge in [0, 0.05) is 5.02 Å². The van der Waals surface area contributed by atoms with Crippen molar-refractivity contribution in [3.05, 3.63) is 66.2 Å². The van der Waals surface area contributed by atoms with Crippen LogP contribution in [0.3, 0.4) is 0 Å². The Morgan fingerprint density at radius 2 is 2.00 bits per heavy atom. The molecule has 6 nitrogen and oxygen atoms in total. The molecular formula is C19H19Cl2N3O3. The van der Waals surface area contributed by atoms with Crippen LogP contribution in [0.5, 0.6) is 5.75 Å². The van der Waals surface area contributed by atoms with E-state index in [1.165, 1.54) is 6.33 Å². The number of nitrogens with zero attached hydrogens (tertiary/aromatic N) is 3. The number of alkyl halides is 1. The second-order valence-corrected chi connectivity index (χ2v) is 7.67. The Labute approximate surface area is 167 Å². The Hall–Kier alpha value is -1.86. The van der Waals surface area contributed by atoms with E-state index >= 15 is 0 Å². The van der Waals surface area contributed by atoms with Crippen LogP contribution in [0.25, 0.3) is 0 Å². The number of hydrogen-bond acceptors (Lipinski definition) is 5. The maximum Gasteiger partial charge on any atom is 0.215 e. The molecule has 1 aliphatic heterocycles. The van der Waals surface area contributed by atoms with Gasteiger partial charge in [-0.1, -0.05) is 23.8 Å². The highest BCUT2D eigenvalue weighted by Gasteiger charge is 2.55. The molecule has 142 valence electrons. The van der Waals surface area contributed by atoms with E-state index < -0.39 is 10.7 Å². The smallest absolute Gasteiger partial charge is 0.215 e. The van der Waals surface area contributed by atoms with Gasteiger partial charge in [0.05, 0.1) is 19.3 Å². The Kier molecular flexibility index (Phi) is 4.99. The van der Waals surface area contributed by atoms with Gasteiger partial charge in [-0.3, -0.25) is 0 Å². The molecule has 1 aliphatic carbocycles. The lowest BCUT2D eigenvalue weighted by atomic mass is 9.91. The van der Waals surface area contributed by atoms with Gasteiger partial charge in [-0.15, -0.1) is 11.6 Å². The van der Waals surface area contributed by atoms with Crippen molar-refractivity contribution < 1.29 is 14.2 Å². The summed E-state index contributed by atoms with van der Waals surface area (Å²) < 4.78 is 19.7. The van der Waals surface area contributed by atoms with Crippen LogP contribution in [0.15, 0.2) is 61.2 Å². The van der Waals surface area contributed by atoms with Crippen LogP contribution in [0, 0.1) is 0 Å². The van der Waals surface area contributed by atoms with Crippen LogP contribution in [0.2, 0.25) is 5.02 Å². The van der Waals surface area contributed by atoms with Gasteiger partial charge in [-0.25, -0.2) is 9.67 Å². The molecule has 0 saturated carbocycles. The molecule has 2 unspecified atom stereocenters. The molecule has 1 aromatic heterocycles. The summed E-state index contributed by atoms with van der Waals surface area (Å²) in [6.07, 6.45) is 10.2. The highest BCUT2D eigenvalue weighted by atomic mass is 35.5. The third kappa shape index (κ3) is 3.75. The zero-order valence-corrected chi connectivity index (χ0v) is 16.2. The van der Waals surface area contributed by atoms with E-state index in [9.17, 15) is 0 Å². The van der Waals surface area contributed by atoms with Crippen molar-refractivity contribution in [1.82, 2.24) is 14.8 Å². The number of halogens is 2. The lowest BCUT2D eigenvalue weighted by Crippen LogP contribution is -2.53. The molecule has 0 N–H and O–H groups in total. The lowest BCUT2D eigenvalue weighted by molar-refractivity contribution is -0.186. The van der Waals surface area contributed by atoms with Crippen LogP contribution in [-0.2, 0) is 16.0 Å². The molecule has 8 heteroatoms. The first-order valence-electron chi connectivity index (χ1n) is 8.62. The fourth-order valence-electron chi connectivity index (χ4n) is 3.17. The zero-order chi connectivity index (χ0) is 18.9. The number of rotatable bonds is 5. The van der Waals surface area contributed by atoms with E-state index in [1.807, 2.05) is 43.4 Å². The normalized spacial score (nSPS) is 32.7. The minimum Gasteiger partial charge on any atom is -0.482 e. The highest BCUT2D eigenvalue weighted by molar-refractivity contribution is 6.30. The van der Waals surface area contributed by atoms with Gasteiger partial charge in [0.1, 0.15) is 29.4 Å². The van der Waals surface area contributed by atoms with Crippen molar-refractivity contribution in [1.29, 1.82) is 0 Å². The van der Waals surface area contributed by atoms with Crippen molar-refractivity contribution in [3.63, 3.8) is 0 Å². The Bertz CT molecular complexity index is 824. The van der Waals surface area contributed by atoms with Crippen molar-refractivity contribution in [2.75, 3.05) is 6.61 Å². The van der Waals surface area contributed by atoms with Crippen LogP contribution >= 0.6 is 23.2 Å². The summed E-state index contributed by atoms with van der Waals surface area (Å²) in [5, 5.41) is 4.82. The van der Waals surface area contributed by atoms with Crippen molar-refractivity contribution in [2.45, 2.75) is 36.3 Å². The molecule has 0 bridgehead atoms. The van der Waals surface area contributed by atoms with E-state index in [2.05, 4.69) is 10.1 Å². The summed E-state index contributed by atoms with van der Waals surface area (Å²) >= 11 is 12.9. The predicted octanol–water partition coefficient (Wildman–Crippen LogP) is 3.61. The number of ether oxygens (including phenoxy) is 3. The van der Waals surface area contributed by atoms with Gasteiger partial charge in [0.25, 0.3) is 0 Å². The first kappa shape index (κ1) is 18.5. The van der Waals surface area contributed by atoms with Crippen LogP contribution in [0.4, 0.5) is 0 Å². The van der Waals surface area contributed by atoms with E-state index in [1.54, 1.807) is 23.1 Å². The third-order valence-electron chi connectivity index (χ3n) is 4.51. The Morgan fingerprint density at radius 1 is 1.26 bits per heavy atom. The minimum absolute atomic E-state index is 0.0750. The maximum atomic E-state index is 6.95. The zero-order valence-electron chi connectivity index (χ0n) is 14.7. The van der Waals surface area contributed by atoms with Crippen LogP contribution < -0.4 is 4.74 Å². The van der Waals surface area contributed by atoms with E-state index in [4.69, 9.17) is 37.4 Å². The van der Waals surface area contributed by atoms with Crippen molar-refractivity contribution >= 4 is 23.2 Å². The Morgan fingerprint density at radius 3 is 2.59 bits per heavy atom. The molecule has 1 aromatic carbocycles. The van der Waals surface area contributed by atoms with E-state index in [0.29, 0.717) is 18.2 Å². The second-order valence-electron chi connectivity index (χ2n) is 6.61. The molecular weight excluding hydrogens is 389 g/mol. The van der Waals surface area contributed by atoms with Crippen molar-refractivity contribution in [2.24, 2.45) is 0 Å². The summed E-state index contributed by atoms with van der Waals surface area (Å²) in [7, 11) is 0. The van der Waals surface area contributed by atoms with Gasteiger partial charge in [0.15, 0.2) is 0 Å². The summed E-state index contributed by atoms with van der Waals surface area (Å²) in [6.45, 7) is 2.72. The van der Waals surface area contributed by atoms with Gasteiger partial charge < -0.3 is 14.2 Å². The van der Waals surface area contributed by atoms with Gasteiger partial charge >= 0.3 is 0 Å². The maximum absolute atomic E-state index is 6.95. The summed E-state index contributed by atoms with van der Waals surface area (Å²) in [4.78, 5) is 2.98. The van der Waals surface area contributed by atoms with Crippen molar-refractivity contribution in [3.8, 4) is 5.75 Å². The first-order chi connectivity index (χ1) is 13.0. The second kappa shape index (κ2) is 7.28. The average molecular weight is 408 g/mol. The third-order valence-corrected chi connectivity index (χ3v) is 5.30. The van der Waals surface area contributed by atoms with Gasteiger partial charge in [-0.05, 0) is 43.3 Å². The van der Waals surface area contributed by atoms with E-state index in [-0.39, 0.29) is 12.2 Å². The van der Waals surface area contributed by atoms with Gasteiger partial charge in [-0.2, -0.15) is 5.10 Å². The number of hydrogen-bond donors (Lipinski definition) is 0. The fraction of sp³-hybridized carbons (Fsp3) is 0.368. The molecule has 2 aliphatic rings. The quantitative estimate of drug-likeness (QED) is 0.559. The fourth-order valence-corrected chi connectivity index (χ4v) is 3.60.